The third-order valence-corrected chi connectivity index (χ3v) is 6.76. The van der Waals surface area contributed by atoms with Crippen LogP contribution >= 0.6 is 22.9 Å². The van der Waals surface area contributed by atoms with Crippen molar-refractivity contribution in [3.05, 3.63) is 15.8 Å². The van der Waals surface area contributed by atoms with Crippen LogP contribution in [0, 0.1) is 6.92 Å². The minimum atomic E-state index is -3.40. The van der Waals surface area contributed by atoms with Gasteiger partial charge in [-0.2, -0.15) is 4.31 Å². The van der Waals surface area contributed by atoms with Crippen LogP contribution in [-0.4, -0.2) is 25.8 Å². The summed E-state index contributed by atoms with van der Waals surface area (Å²) in [5.74, 6) is 0.356. The van der Waals surface area contributed by atoms with Gasteiger partial charge in [-0.3, -0.25) is 0 Å². The molecule has 1 unspecified atom stereocenters. The fourth-order valence-electron chi connectivity index (χ4n) is 1.84. The fourth-order valence-corrected chi connectivity index (χ4v) is 4.92. The molecule has 1 aromatic rings. The molecule has 18 heavy (non-hydrogen) atoms. The number of rotatable bonds is 6. The van der Waals surface area contributed by atoms with Gasteiger partial charge < -0.3 is 0 Å². The molecule has 0 spiro atoms. The second-order valence-electron chi connectivity index (χ2n) is 4.43. The van der Waals surface area contributed by atoms with Crippen LogP contribution < -0.4 is 0 Å². The van der Waals surface area contributed by atoms with E-state index < -0.39 is 10.0 Å². The number of aryl methyl sites for hydroxylation is 1. The van der Waals surface area contributed by atoms with E-state index in [2.05, 4.69) is 6.92 Å². The first-order chi connectivity index (χ1) is 8.34. The molecule has 1 rings (SSSR count). The second kappa shape index (κ2) is 6.37. The molecule has 0 aliphatic carbocycles. The van der Waals surface area contributed by atoms with E-state index >= 15 is 0 Å². The Balaban J connectivity index is 3.08. The molecule has 1 heterocycles. The van der Waals surface area contributed by atoms with Gasteiger partial charge in [0.2, 0.25) is 10.0 Å². The summed E-state index contributed by atoms with van der Waals surface area (Å²) < 4.78 is 26.4. The third-order valence-electron chi connectivity index (χ3n) is 3.04. The van der Waals surface area contributed by atoms with Crippen molar-refractivity contribution in [2.75, 3.05) is 7.05 Å². The highest BCUT2D eigenvalue weighted by atomic mass is 35.5. The average Bonchev–Trinajstić information content (AvgIpc) is 2.70. The summed E-state index contributed by atoms with van der Waals surface area (Å²) in [5.41, 5.74) is 0. The lowest BCUT2D eigenvalue weighted by Gasteiger charge is -2.23. The van der Waals surface area contributed by atoms with Gasteiger partial charge in [-0.05, 0) is 26.3 Å². The molecule has 104 valence electrons. The number of thiophene rings is 1. The predicted molar refractivity (Wildman–Crippen MR) is 77.9 cm³/mol. The maximum Gasteiger partial charge on any atom is 0.244 e. The van der Waals surface area contributed by atoms with Gasteiger partial charge in [-0.15, -0.1) is 22.9 Å². The Bertz CT molecular complexity index is 496. The molecule has 0 aliphatic heterocycles. The summed E-state index contributed by atoms with van der Waals surface area (Å²) in [6.07, 6.45) is 1.83. The number of halogens is 1. The Kier molecular flexibility index (Phi) is 5.65. The first kappa shape index (κ1) is 16.0. The van der Waals surface area contributed by atoms with Crippen LogP contribution in [0.15, 0.2) is 11.0 Å². The lowest BCUT2D eigenvalue weighted by molar-refractivity contribution is 0.368. The quantitative estimate of drug-likeness (QED) is 0.753. The Labute approximate surface area is 119 Å². The van der Waals surface area contributed by atoms with Gasteiger partial charge in [0, 0.05) is 22.8 Å². The molecule has 0 bridgehead atoms. The maximum absolute atomic E-state index is 12.5. The highest BCUT2D eigenvalue weighted by Crippen LogP contribution is 2.29. The predicted octanol–water partition coefficient (Wildman–Crippen LogP) is 3.60. The van der Waals surface area contributed by atoms with E-state index in [4.69, 9.17) is 11.6 Å². The lowest BCUT2D eigenvalue weighted by Crippen LogP contribution is -2.35. The summed E-state index contributed by atoms with van der Waals surface area (Å²) in [5, 5.41) is 0. The molecule has 1 aromatic heterocycles. The minimum absolute atomic E-state index is 0.0127. The molecule has 6 heteroatoms. The summed E-state index contributed by atoms with van der Waals surface area (Å²) >= 11 is 7.20. The van der Waals surface area contributed by atoms with E-state index in [1.165, 1.54) is 15.6 Å². The SMILES string of the molecule is CCCC(C)N(C)S(=O)(=O)c1cc(CCl)sc1C. The highest BCUT2D eigenvalue weighted by molar-refractivity contribution is 7.89. The summed E-state index contributed by atoms with van der Waals surface area (Å²) in [6.45, 7) is 5.82. The molecule has 0 radical (unpaired) electrons. The number of hydrogen-bond donors (Lipinski definition) is 0. The lowest BCUT2D eigenvalue weighted by atomic mass is 10.2. The average molecular weight is 310 g/mol. The summed E-state index contributed by atoms with van der Waals surface area (Å²) in [6, 6.07) is 1.70. The van der Waals surface area contributed by atoms with Crippen molar-refractivity contribution in [3.63, 3.8) is 0 Å². The number of sulfonamides is 1. The van der Waals surface area contributed by atoms with E-state index in [1.54, 1.807) is 13.1 Å². The zero-order valence-electron chi connectivity index (χ0n) is 11.2. The van der Waals surface area contributed by atoms with E-state index in [9.17, 15) is 8.42 Å². The zero-order chi connectivity index (χ0) is 13.9. The zero-order valence-corrected chi connectivity index (χ0v) is 13.6. The Morgan fingerprint density at radius 1 is 1.50 bits per heavy atom. The largest absolute Gasteiger partial charge is 0.244 e. The molecule has 0 fully saturated rings. The Morgan fingerprint density at radius 2 is 2.11 bits per heavy atom. The Morgan fingerprint density at radius 3 is 2.56 bits per heavy atom. The summed E-state index contributed by atoms with van der Waals surface area (Å²) in [4.78, 5) is 2.10. The van der Waals surface area contributed by atoms with Gasteiger partial charge in [-0.25, -0.2) is 8.42 Å². The fraction of sp³-hybridized carbons (Fsp3) is 0.667. The van der Waals surface area contributed by atoms with Crippen molar-refractivity contribution in [3.8, 4) is 0 Å². The minimum Gasteiger partial charge on any atom is -0.207 e. The monoisotopic (exact) mass is 309 g/mol. The standard InChI is InChI=1S/C12H20ClNO2S2/c1-5-6-9(2)14(4)18(15,16)12-7-11(8-13)17-10(12)3/h7,9H,5-6,8H2,1-4H3. The molecular formula is C12H20ClNO2S2. The molecular weight excluding hydrogens is 290 g/mol. The van der Waals surface area contributed by atoms with Crippen molar-refractivity contribution < 1.29 is 8.42 Å². The highest BCUT2D eigenvalue weighted by Gasteiger charge is 2.27. The third kappa shape index (κ3) is 3.26. The maximum atomic E-state index is 12.5. The van der Waals surface area contributed by atoms with Crippen LogP contribution in [0.5, 0.6) is 0 Å². The first-order valence-corrected chi connectivity index (χ1v) is 8.77. The van der Waals surface area contributed by atoms with Crippen molar-refractivity contribution >= 4 is 33.0 Å². The van der Waals surface area contributed by atoms with Crippen molar-refractivity contribution in [1.29, 1.82) is 0 Å². The number of alkyl halides is 1. The smallest absolute Gasteiger partial charge is 0.207 e. The molecule has 0 saturated heterocycles. The molecule has 0 amide bonds. The second-order valence-corrected chi connectivity index (χ2v) is 8.00. The van der Waals surface area contributed by atoms with Gasteiger partial charge in [0.1, 0.15) is 0 Å². The van der Waals surface area contributed by atoms with Gasteiger partial charge >= 0.3 is 0 Å². The van der Waals surface area contributed by atoms with Crippen LogP contribution in [0.1, 0.15) is 36.4 Å². The van der Waals surface area contributed by atoms with E-state index in [0.29, 0.717) is 10.8 Å². The normalized spacial score (nSPS) is 14.1. The van der Waals surface area contributed by atoms with Crippen molar-refractivity contribution in [2.45, 2.75) is 50.4 Å². The van der Waals surface area contributed by atoms with Crippen LogP contribution in [0.25, 0.3) is 0 Å². The number of hydrogen-bond acceptors (Lipinski definition) is 3. The molecule has 0 saturated carbocycles. The molecule has 3 nitrogen and oxygen atoms in total. The van der Waals surface area contributed by atoms with Crippen LogP contribution in [0.2, 0.25) is 0 Å². The number of nitrogens with zero attached hydrogens (tertiary/aromatic N) is 1. The van der Waals surface area contributed by atoms with Gasteiger partial charge in [0.05, 0.1) is 10.8 Å². The molecule has 1 atom stereocenters. The van der Waals surface area contributed by atoms with Crippen molar-refractivity contribution in [1.82, 2.24) is 4.31 Å². The summed E-state index contributed by atoms with van der Waals surface area (Å²) in [7, 11) is -1.75. The van der Waals surface area contributed by atoms with Crippen LogP contribution in [-0.2, 0) is 15.9 Å². The molecule has 0 aromatic carbocycles. The van der Waals surface area contributed by atoms with Crippen molar-refractivity contribution in [2.24, 2.45) is 0 Å². The molecule has 0 N–H and O–H groups in total. The van der Waals surface area contributed by atoms with E-state index in [0.717, 1.165) is 22.6 Å². The van der Waals surface area contributed by atoms with E-state index in [-0.39, 0.29) is 6.04 Å². The van der Waals surface area contributed by atoms with Crippen LogP contribution in [0.4, 0.5) is 0 Å². The van der Waals surface area contributed by atoms with Crippen LogP contribution in [0.3, 0.4) is 0 Å². The van der Waals surface area contributed by atoms with E-state index in [1.807, 2.05) is 13.8 Å². The topological polar surface area (TPSA) is 37.4 Å². The van der Waals surface area contributed by atoms with Gasteiger partial charge in [0.25, 0.3) is 0 Å². The molecule has 0 aliphatic rings. The van der Waals surface area contributed by atoms with Gasteiger partial charge in [-0.1, -0.05) is 13.3 Å². The van der Waals surface area contributed by atoms with Gasteiger partial charge in [0.15, 0.2) is 0 Å². The first-order valence-electron chi connectivity index (χ1n) is 5.97. The Hall–Kier alpha value is -0.100.